The molecular weight excluding hydrogens is 344 g/mol. The van der Waals surface area contributed by atoms with Crippen molar-refractivity contribution in [2.24, 2.45) is 0 Å². The Morgan fingerprint density at radius 3 is 1.61 bits per heavy atom. The molecule has 166 valence electrons. The lowest BCUT2D eigenvalue weighted by molar-refractivity contribution is -0.132. The van der Waals surface area contributed by atoms with Crippen molar-refractivity contribution in [1.82, 2.24) is 19.6 Å². The van der Waals surface area contributed by atoms with Gasteiger partial charge in [0.2, 0.25) is 0 Å². The Morgan fingerprint density at radius 1 is 0.679 bits per heavy atom. The lowest BCUT2D eigenvalue weighted by atomic mass is 9.75. The van der Waals surface area contributed by atoms with Crippen LogP contribution in [0.3, 0.4) is 0 Å². The third-order valence-electron chi connectivity index (χ3n) is 8.51. The first-order chi connectivity index (χ1) is 12.7. The van der Waals surface area contributed by atoms with Crippen LogP contribution in [0.1, 0.15) is 83.1 Å². The molecule has 0 amide bonds. The van der Waals surface area contributed by atoms with Crippen LogP contribution in [0.4, 0.5) is 0 Å². The number of hydrogen-bond acceptors (Lipinski definition) is 4. The van der Waals surface area contributed by atoms with Crippen molar-refractivity contribution in [1.29, 1.82) is 0 Å². The van der Waals surface area contributed by atoms with Gasteiger partial charge in [-0.15, -0.1) is 0 Å². The van der Waals surface area contributed by atoms with Gasteiger partial charge in [-0.25, -0.2) is 0 Å². The van der Waals surface area contributed by atoms with Gasteiger partial charge >= 0.3 is 0 Å². The zero-order valence-electron chi connectivity index (χ0n) is 21.1. The lowest BCUT2D eigenvalue weighted by Crippen LogP contribution is -2.75. The molecule has 0 bridgehead atoms. The Balaban J connectivity index is 2.26. The summed E-state index contributed by atoms with van der Waals surface area (Å²) in [7, 11) is 0. The van der Waals surface area contributed by atoms with Crippen LogP contribution in [0, 0.1) is 0 Å². The minimum atomic E-state index is 0.100. The lowest BCUT2D eigenvalue weighted by Gasteiger charge is -2.63. The van der Waals surface area contributed by atoms with Gasteiger partial charge in [0.15, 0.2) is 0 Å². The van der Waals surface area contributed by atoms with Crippen molar-refractivity contribution in [3.8, 4) is 0 Å². The molecule has 0 spiro atoms. The van der Waals surface area contributed by atoms with Crippen LogP contribution in [-0.2, 0) is 0 Å². The standard InChI is InChI=1S/C24H50N4/c1-17(2)25-15-19(5)28(20(6)16-25)24(11,12)23(9,10)27-14-13-26(18(3)4)21(7)22(27)8/h17-22H,13-16H2,1-12H3. The molecule has 2 saturated heterocycles. The highest BCUT2D eigenvalue weighted by atomic mass is 15.4. The summed E-state index contributed by atoms with van der Waals surface area (Å²) in [4.78, 5) is 11.0. The fourth-order valence-corrected chi connectivity index (χ4v) is 6.24. The van der Waals surface area contributed by atoms with E-state index < -0.39 is 0 Å². The van der Waals surface area contributed by atoms with Gasteiger partial charge in [0, 0.05) is 73.5 Å². The summed E-state index contributed by atoms with van der Waals surface area (Å²) < 4.78 is 0. The Hall–Kier alpha value is -0.160. The maximum atomic E-state index is 2.83. The van der Waals surface area contributed by atoms with E-state index in [-0.39, 0.29) is 11.1 Å². The largest absolute Gasteiger partial charge is 0.298 e. The second kappa shape index (κ2) is 8.53. The average molecular weight is 395 g/mol. The van der Waals surface area contributed by atoms with Crippen molar-refractivity contribution in [2.75, 3.05) is 26.2 Å². The van der Waals surface area contributed by atoms with Gasteiger partial charge in [-0.3, -0.25) is 19.6 Å². The van der Waals surface area contributed by atoms with Crippen LogP contribution < -0.4 is 0 Å². The molecule has 28 heavy (non-hydrogen) atoms. The van der Waals surface area contributed by atoms with Crippen LogP contribution in [0.25, 0.3) is 0 Å². The van der Waals surface area contributed by atoms with Crippen LogP contribution in [0.2, 0.25) is 0 Å². The van der Waals surface area contributed by atoms with Crippen LogP contribution >= 0.6 is 0 Å². The molecule has 4 heteroatoms. The van der Waals surface area contributed by atoms with Gasteiger partial charge in [0.25, 0.3) is 0 Å². The number of piperazine rings is 2. The number of hydrogen-bond donors (Lipinski definition) is 0. The molecule has 0 aliphatic carbocycles. The Labute approximate surface area is 176 Å². The summed E-state index contributed by atoms with van der Waals surface area (Å²) in [6.45, 7) is 33.8. The molecule has 4 atom stereocenters. The Morgan fingerprint density at radius 2 is 1.18 bits per heavy atom. The fourth-order valence-electron chi connectivity index (χ4n) is 6.24. The fraction of sp³-hybridized carbons (Fsp3) is 1.00. The monoisotopic (exact) mass is 394 g/mol. The van der Waals surface area contributed by atoms with Crippen molar-refractivity contribution < 1.29 is 0 Å². The van der Waals surface area contributed by atoms with E-state index in [1.807, 2.05) is 0 Å². The Kier molecular flexibility index (Phi) is 7.34. The minimum absolute atomic E-state index is 0.100. The molecule has 4 nitrogen and oxygen atoms in total. The molecular formula is C24H50N4. The SMILES string of the molecule is CC(C)N1CC(C)N(C(C)(C)C(C)(C)N2CCN(C(C)C)C(C)C2C)C(C)C1. The maximum Gasteiger partial charge on any atom is 0.0338 e. The predicted octanol–water partition coefficient (Wildman–Crippen LogP) is 4.15. The normalized spacial score (nSPS) is 33.2. The van der Waals surface area contributed by atoms with Gasteiger partial charge in [-0.1, -0.05) is 0 Å². The summed E-state index contributed by atoms with van der Waals surface area (Å²) >= 11 is 0. The van der Waals surface area contributed by atoms with E-state index in [2.05, 4.69) is 103 Å². The molecule has 2 heterocycles. The smallest absolute Gasteiger partial charge is 0.0338 e. The summed E-state index contributed by atoms with van der Waals surface area (Å²) in [6, 6.07) is 3.56. The van der Waals surface area contributed by atoms with Crippen LogP contribution in [-0.4, -0.2) is 93.1 Å². The first-order valence-corrected chi connectivity index (χ1v) is 11.8. The number of rotatable bonds is 5. The molecule has 4 unspecified atom stereocenters. The summed E-state index contributed by atoms with van der Waals surface area (Å²) in [5.41, 5.74) is 0.204. The zero-order valence-corrected chi connectivity index (χ0v) is 21.1. The van der Waals surface area contributed by atoms with E-state index in [0.29, 0.717) is 36.3 Å². The molecule has 0 radical (unpaired) electrons. The first-order valence-electron chi connectivity index (χ1n) is 11.8. The van der Waals surface area contributed by atoms with Gasteiger partial charge in [-0.05, 0) is 83.1 Å². The molecule has 0 aromatic heterocycles. The molecule has 0 aromatic carbocycles. The van der Waals surface area contributed by atoms with E-state index in [4.69, 9.17) is 0 Å². The van der Waals surface area contributed by atoms with Gasteiger partial charge < -0.3 is 0 Å². The quantitative estimate of drug-likeness (QED) is 0.694. The second-order valence-electron chi connectivity index (χ2n) is 11.3. The van der Waals surface area contributed by atoms with Gasteiger partial charge in [0.1, 0.15) is 0 Å². The molecule has 2 aliphatic rings. The molecule has 0 N–H and O–H groups in total. The van der Waals surface area contributed by atoms with Gasteiger partial charge in [0.05, 0.1) is 0 Å². The highest BCUT2D eigenvalue weighted by Gasteiger charge is 2.52. The van der Waals surface area contributed by atoms with Crippen LogP contribution in [0.5, 0.6) is 0 Å². The third-order valence-corrected chi connectivity index (χ3v) is 8.51. The second-order valence-corrected chi connectivity index (χ2v) is 11.3. The maximum absolute atomic E-state index is 2.83. The highest BCUT2D eigenvalue weighted by Crippen LogP contribution is 2.40. The van der Waals surface area contributed by atoms with Crippen molar-refractivity contribution in [3.63, 3.8) is 0 Å². The summed E-state index contributed by atoms with van der Waals surface area (Å²) in [5.74, 6) is 0. The highest BCUT2D eigenvalue weighted by molar-refractivity contribution is 5.09. The minimum Gasteiger partial charge on any atom is -0.298 e. The van der Waals surface area contributed by atoms with E-state index >= 15 is 0 Å². The molecule has 2 fully saturated rings. The van der Waals surface area contributed by atoms with E-state index in [1.54, 1.807) is 0 Å². The van der Waals surface area contributed by atoms with Crippen molar-refractivity contribution in [3.05, 3.63) is 0 Å². The summed E-state index contributed by atoms with van der Waals surface area (Å²) in [5, 5.41) is 0. The molecule has 0 saturated carbocycles. The van der Waals surface area contributed by atoms with Gasteiger partial charge in [-0.2, -0.15) is 0 Å². The van der Waals surface area contributed by atoms with Crippen LogP contribution in [0.15, 0.2) is 0 Å². The molecule has 0 aromatic rings. The van der Waals surface area contributed by atoms with E-state index in [0.717, 1.165) is 6.54 Å². The third kappa shape index (κ3) is 4.17. The topological polar surface area (TPSA) is 13.0 Å². The van der Waals surface area contributed by atoms with E-state index in [9.17, 15) is 0 Å². The first kappa shape index (κ1) is 24.1. The zero-order chi connectivity index (χ0) is 21.6. The Bertz CT molecular complexity index is 501. The summed E-state index contributed by atoms with van der Waals surface area (Å²) in [6.07, 6.45) is 0. The molecule has 2 aliphatic heterocycles. The van der Waals surface area contributed by atoms with E-state index in [1.165, 1.54) is 19.6 Å². The number of nitrogens with zero attached hydrogens (tertiary/aromatic N) is 4. The molecule has 2 rings (SSSR count). The predicted molar refractivity (Wildman–Crippen MR) is 123 cm³/mol. The van der Waals surface area contributed by atoms with Crippen molar-refractivity contribution >= 4 is 0 Å². The average Bonchev–Trinajstić information content (AvgIpc) is 2.55. The van der Waals surface area contributed by atoms with Crippen molar-refractivity contribution in [2.45, 2.75) is 130 Å².